The summed E-state index contributed by atoms with van der Waals surface area (Å²) >= 11 is 1.68. The molecule has 2 amide bonds. The normalized spacial score (nSPS) is 29.6. The van der Waals surface area contributed by atoms with E-state index in [1.165, 1.54) is 37.8 Å². The lowest BCUT2D eigenvalue weighted by Crippen LogP contribution is -2.55. The number of rotatable bonds is 7. The third-order valence-electron chi connectivity index (χ3n) is 11.9. The van der Waals surface area contributed by atoms with Crippen molar-refractivity contribution >= 4 is 40.2 Å². The summed E-state index contributed by atoms with van der Waals surface area (Å²) in [6.07, 6.45) is 15.1. The maximum atomic E-state index is 14.4. The van der Waals surface area contributed by atoms with Gasteiger partial charge in [-0.3, -0.25) is 14.2 Å². The summed E-state index contributed by atoms with van der Waals surface area (Å²) in [7, 11) is 0. The molecule has 0 radical (unpaired) electrons. The van der Waals surface area contributed by atoms with Crippen molar-refractivity contribution in [2.45, 2.75) is 135 Å². The van der Waals surface area contributed by atoms with Crippen molar-refractivity contribution in [3.63, 3.8) is 0 Å². The van der Waals surface area contributed by atoms with Gasteiger partial charge in [-0.2, -0.15) is 4.98 Å². The molecule has 11 heteroatoms. The molecule has 0 bridgehead atoms. The first-order valence-corrected chi connectivity index (χ1v) is 20.6. The molecule has 1 aromatic carbocycles. The fourth-order valence-electron chi connectivity index (χ4n) is 8.75. The van der Waals surface area contributed by atoms with E-state index in [1.54, 1.807) is 23.2 Å². The number of ether oxygens (including phenoxy) is 2. The minimum Gasteiger partial charge on any atom is -0.464 e. The molecule has 280 valence electrons. The molecule has 2 aliphatic carbocycles. The van der Waals surface area contributed by atoms with Gasteiger partial charge in [-0.25, -0.2) is 9.78 Å². The molecule has 2 aliphatic heterocycles. The van der Waals surface area contributed by atoms with Gasteiger partial charge in [0.2, 0.25) is 11.8 Å². The van der Waals surface area contributed by atoms with Crippen LogP contribution in [0.5, 0.6) is 6.01 Å². The van der Waals surface area contributed by atoms with Crippen LogP contribution < -0.4 is 10.1 Å². The molecule has 0 spiro atoms. The molecule has 0 unspecified atom stereocenters. The van der Waals surface area contributed by atoms with E-state index in [9.17, 15) is 14.4 Å². The largest absolute Gasteiger partial charge is 0.464 e. The van der Waals surface area contributed by atoms with E-state index in [-0.39, 0.29) is 48.8 Å². The fraction of sp³-hybridized carbons (Fsp3) is 0.634. The number of allylic oxidation sites excluding steroid dienone is 1. The summed E-state index contributed by atoms with van der Waals surface area (Å²) in [5.41, 5.74) is 2.86. The number of thiazole rings is 1. The van der Waals surface area contributed by atoms with Gasteiger partial charge in [0, 0.05) is 40.7 Å². The monoisotopic (exact) mass is 729 g/mol. The number of nitrogens with one attached hydrogen (secondary N) is 1. The predicted molar refractivity (Wildman–Crippen MR) is 203 cm³/mol. The highest BCUT2D eigenvalue weighted by Gasteiger charge is 2.62. The number of hydrogen-bond donors (Lipinski definition) is 1. The SMILES string of the molecule is CCOC(=O)[C@@]12C[C@@H]1/C=C\CCCCC[C@H](C)C(=O)N1C[C@H](Oc3nc4c(-c5nc(C6CCCCC6)cs5)cccc4n3C(C)C)[C@@H](C)[C@H]1C(=O)N2. The second kappa shape index (κ2) is 15.3. The summed E-state index contributed by atoms with van der Waals surface area (Å²) in [6.45, 7) is 10.4. The maximum absolute atomic E-state index is 14.4. The van der Waals surface area contributed by atoms with Crippen LogP contribution in [-0.2, 0) is 19.1 Å². The average Bonchev–Trinajstić information content (AvgIpc) is 3.43. The molecule has 4 heterocycles. The standard InChI is InChI=1S/C41H55N5O5S/c1-6-50-39(49)41-22-29(41)19-14-9-7-8-11-16-26(4)38(48)45-23-33(27(5)35(45)36(47)44-41)51-40-43-34-30(20-15-21-32(34)46(40)25(2)3)37-42-31(24-52-37)28-17-12-10-13-18-28/h14-15,19-21,24-29,33,35H,6-13,16-18,22-23H2,1-5H3,(H,44,47)/b19-14-/t26-,27+,29-,33-,35-,41+/m0/s1. The first-order chi connectivity index (χ1) is 25.1. The van der Waals surface area contributed by atoms with Crippen molar-refractivity contribution < 1.29 is 23.9 Å². The predicted octanol–water partition coefficient (Wildman–Crippen LogP) is 7.98. The highest BCUT2D eigenvalue weighted by molar-refractivity contribution is 7.13. The molecular formula is C41H55N5O5S. The Kier molecular flexibility index (Phi) is 10.8. The van der Waals surface area contributed by atoms with Gasteiger partial charge >= 0.3 is 5.97 Å². The summed E-state index contributed by atoms with van der Waals surface area (Å²) < 4.78 is 14.4. The number of imidazole rings is 1. The van der Waals surface area contributed by atoms with Gasteiger partial charge in [0.1, 0.15) is 28.2 Å². The van der Waals surface area contributed by atoms with Gasteiger partial charge in [0.25, 0.3) is 6.01 Å². The fourth-order valence-corrected chi connectivity index (χ4v) is 9.68. The zero-order valence-corrected chi connectivity index (χ0v) is 32.3. The minimum absolute atomic E-state index is 0.0424. The van der Waals surface area contributed by atoms with E-state index >= 15 is 0 Å². The third kappa shape index (κ3) is 7.01. The number of carbonyl (C=O) groups excluding carboxylic acids is 3. The molecule has 6 atom stereocenters. The number of amides is 2. The minimum atomic E-state index is -1.11. The molecule has 7 rings (SSSR count). The van der Waals surface area contributed by atoms with Crippen LogP contribution >= 0.6 is 11.3 Å². The summed E-state index contributed by atoms with van der Waals surface area (Å²) in [5.74, 6) is -1.02. The van der Waals surface area contributed by atoms with E-state index in [1.807, 2.05) is 13.8 Å². The van der Waals surface area contributed by atoms with Crippen LogP contribution in [0.25, 0.3) is 21.6 Å². The zero-order valence-electron chi connectivity index (χ0n) is 31.4. The van der Waals surface area contributed by atoms with Gasteiger partial charge in [-0.05, 0) is 71.4 Å². The lowest BCUT2D eigenvalue weighted by Gasteiger charge is -2.29. The molecule has 4 aliphatic rings. The topological polar surface area (TPSA) is 116 Å². The van der Waals surface area contributed by atoms with Crippen molar-refractivity contribution in [3.05, 3.63) is 41.4 Å². The summed E-state index contributed by atoms with van der Waals surface area (Å²) in [6, 6.07) is 5.93. The first-order valence-electron chi connectivity index (χ1n) is 19.7. The molecule has 3 fully saturated rings. The second-order valence-electron chi connectivity index (χ2n) is 15.9. The average molecular weight is 730 g/mol. The van der Waals surface area contributed by atoms with Crippen LogP contribution in [-0.4, -0.2) is 68.1 Å². The Bertz CT molecular complexity index is 1810. The molecule has 52 heavy (non-hydrogen) atoms. The quantitative estimate of drug-likeness (QED) is 0.194. The Labute approximate surface area is 311 Å². The zero-order chi connectivity index (χ0) is 36.6. The van der Waals surface area contributed by atoms with Crippen LogP contribution in [0.3, 0.4) is 0 Å². The molecule has 1 N–H and O–H groups in total. The van der Waals surface area contributed by atoms with E-state index in [2.05, 4.69) is 59.5 Å². The van der Waals surface area contributed by atoms with Gasteiger partial charge in [-0.15, -0.1) is 11.3 Å². The van der Waals surface area contributed by atoms with E-state index in [4.69, 9.17) is 19.4 Å². The number of esters is 1. The maximum Gasteiger partial charge on any atom is 0.332 e. The molecule has 2 aromatic heterocycles. The van der Waals surface area contributed by atoms with Crippen LogP contribution in [0.2, 0.25) is 0 Å². The van der Waals surface area contributed by atoms with Crippen molar-refractivity contribution in [1.82, 2.24) is 24.8 Å². The number of para-hydroxylation sites is 1. The van der Waals surface area contributed by atoms with Gasteiger partial charge < -0.3 is 19.7 Å². The molecule has 1 saturated heterocycles. The summed E-state index contributed by atoms with van der Waals surface area (Å²) in [4.78, 5) is 53.8. The Balaban J connectivity index is 1.20. The number of hydrogen-bond acceptors (Lipinski definition) is 8. The van der Waals surface area contributed by atoms with Crippen LogP contribution in [0.4, 0.5) is 0 Å². The molecule has 3 aromatic rings. The highest BCUT2D eigenvalue weighted by Crippen LogP contribution is 2.47. The molecule has 10 nitrogen and oxygen atoms in total. The van der Waals surface area contributed by atoms with Gasteiger partial charge in [-0.1, -0.05) is 64.2 Å². The third-order valence-corrected chi connectivity index (χ3v) is 12.8. The molecular weight excluding hydrogens is 675 g/mol. The smallest absolute Gasteiger partial charge is 0.332 e. The lowest BCUT2D eigenvalue weighted by molar-refractivity contribution is -0.150. The van der Waals surface area contributed by atoms with Crippen molar-refractivity contribution in [2.75, 3.05) is 13.2 Å². The summed E-state index contributed by atoms with van der Waals surface area (Å²) in [5, 5.41) is 6.29. The van der Waals surface area contributed by atoms with Gasteiger partial charge in [0.05, 0.1) is 24.4 Å². The van der Waals surface area contributed by atoms with Crippen molar-refractivity contribution in [2.24, 2.45) is 17.8 Å². The Morgan fingerprint density at radius 3 is 2.60 bits per heavy atom. The van der Waals surface area contributed by atoms with Crippen molar-refractivity contribution in [3.8, 4) is 16.6 Å². The Hall–Kier alpha value is -3.73. The second-order valence-corrected chi connectivity index (χ2v) is 16.7. The van der Waals surface area contributed by atoms with Gasteiger partial charge in [0.15, 0.2) is 0 Å². The number of fused-ring (bicyclic) bond motifs is 3. The van der Waals surface area contributed by atoms with E-state index < -0.39 is 23.7 Å². The van der Waals surface area contributed by atoms with Crippen molar-refractivity contribution in [1.29, 1.82) is 0 Å². The number of nitrogens with zero attached hydrogens (tertiary/aromatic N) is 4. The lowest BCUT2D eigenvalue weighted by atomic mass is 9.87. The van der Waals surface area contributed by atoms with Crippen LogP contribution in [0.1, 0.15) is 123 Å². The highest BCUT2D eigenvalue weighted by atomic mass is 32.1. The Morgan fingerprint density at radius 2 is 1.83 bits per heavy atom. The molecule has 2 saturated carbocycles. The van der Waals surface area contributed by atoms with Crippen LogP contribution in [0, 0.1) is 17.8 Å². The number of aromatic nitrogens is 3. The van der Waals surface area contributed by atoms with E-state index in [0.717, 1.165) is 53.7 Å². The number of carbonyl (C=O) groups is 3. The first kappa shape index (κ1) is 36.6. The van der Waals surface area contributed by atoms with Crippen LogP contribution in [0.15, 0.2) is 35.7 Å². The Morgan fingerprint density at radius 1 is 1.06 bits per heavy atom. The number of benzene rings is 1. The van der Waals surface area contributed by atoms with E-state index in [0.29, 0.717) is 18.3 Å².